The molecule has 0 aliphatic rings. The number of nitrogens with zero attached hydrogens (tertiary/aromatic N) is 1. The number of hydrogen-bond donors (Lipinski definition) is 0. The molecule has 0 spiro atoms. The molecule has 0 N–H and O–H groups in total. The zero-order chi connectivity index (χ0) is 9.40. The lowest BCUT2D eigenvalue weighted by Crippen LogP contribution is -1.98. The fraction of sp³-hybridized carbons (Fsp3) is 0.545. The van der Waals surface area contributed by atoms with Gasteiger partial charge in [-0.25, -0.2) is 0 Å². The molecule has 0 unspecified atom stereocenters. The lowest BCUT2D eigenvalue weighted by molar-refractivity contribution is 0.986. The molecule has 68 valence electrons. The van der Waals surface area contributed by atoms with E-state index in [1.807, 2.05) is 20.0 Å². The van der Waals surface area contributed by atoms with Crippen LogP contribution in [0.5, 0.6) is 0 Å². The highest BCUT2D eigenvalue weighted by Gasteiger charge is 1.97. The van der Waals surface area contributed by atoms with Crippen molar-refractivity contribution in [1.82, 2.24) is 0 Å². The normalized spacial score (nSPS) is 14.3. The predicted molar refractivity (Wildman–Crippen MR) is 56.8 cm³/mol. The Morgan fingerprint density at radius 2 is 2.08 bits per heavy atom. The molecule has 0 rings (SSSR count). The third-order valence-corrected chi connectivity index (χ3v) is 1.75. The largest absolute Gasteiger partial charge is 0.293 e. The van der Waals surface area contributed by atoms with Gasteiger partial charge in [0.1, 0.15) is 0 Å². The molecule has 0 aliphatic heterocycles. The Balaban J connectivity index is 4.31. The van der Waals surface area contributed by atoms with Crippen LogP contribution < -0.4 is 0 Å². The summed E-state index contributed by atoms with van der Waals surface area (Å²) in [6.07, 6.45) is 8.43. The Kier molecular flexibility index (Phi) is 6.35. The lowest BCUT2D eigenvalue weighted by atomic mass is 10.1. The van der Waals surface area contributed by atoms with Crippen LogP contribution in [0.2, 0.25) is 0 Å². The summed E-state index contributed by atoms with van der Waals surface area (Å²) in [6.45, 7) is 6.30. The molecule has 0 bridgehead atoms. The molecule has 0 saturated heterocycles. The first-order valence-electron chi connectivity index (χ1n) is 4.51. The maximum absolute atomic E-state index is 4.25. The number of hydrogen-bond acceptors (Lipinski definition) is 1. The van der Waals surface area contributed by atoms with Crippen LogP contribution in [0.4, 0.5) is 0 Å². The molecule has 0 fully saturated rings. The third kappa shape index (κ3) is 4.12. The maximum Gasteiger partial charge on any atom is 0.0373 e. The summed E-state index contributed by atoms with van der Waals surface area (Å²) in [5.74, 6) is 0. The molecule has 12 heavy (non-hydrogen) atoms. The van der Waals surface area contributed by atoms with Crippen molar-refractivity contribution in [3.63, 3.8) is 0 Å². The fourth-order valence-corrected chi connectivity index (χ4v) is 1.06. The molecule has 0 amide bonds. The number of rotatable bonds is 4. The van der Waals surface area contributed by atoms with E-state index in [2.05, 4.69) is 31.0 Å². The molecule has 0 heterocycles. The van der Waals surface area contributed by atoms with E-state index in [-0.39, 0.29) is 0 Å². The van der Waals surface area contributed by atoms with Gasteiger partial charge in [0, 0.05) is 12.8 Å². The van der Waals surface area contributed by atoms with Crippen LogP contribution in [0, 0.1) is 0 Å². The summed E-state index contributed by atoms with van der Waals surface area (Å²) >= 11 is 0. The SMILES string of the molecule is C/C=C\C=C(/C)C(CCC)=NC. The van der Waals surface area contributed by atoms with Gasteiger partial charge in [-0.3, -0.25) is 4.99 Å². The molecule has 0 aliphatic carbocycles. The third-order valence-electron chi connectivity index (χ3n) is 1.75. The van der Waals surface area contributed by atoms with E-state index in [1.165, 1.54) is 11.3 Å². The molecule has 0 aromatic carbocycles. The van der Waals surface area contributed by atoms with Gasteiger partial charge >= 0.3 is 0 Å². The Labute approximate surface area is 75.9 Å². The summed E-state index contributed by atoms with van der Waals surface area (Å²) in [4.78, 5) is 4.25. The van der Waals surface area contributed by atoms with E-state index in [4.69, 9.17) is 0 Å². The van der Waals surface area contributed by atoms with E-state index < -0.39 is 0 Å². The molecule has 1 heteroatoms. The predicted octanol–water partition coefficient (Wildman–Crippen LogP) is 3.38. The van der Waals surface area contributed by atoms with Crippen molar-refractivity contribution in [2.45, 2.75) is 33.6 Å². The second kappa shape index (κ2) is 6.84. The topological polar surface area (TPSA) is 12.4 Å². The molecule has 0 atom stereocenters. The van der Waals surface area contributed by atoms with Crippen LogP contribution in [0.25, 0.3) is 0 Å². The molecular formula is C11H19N. The summed E-state index contributed by atoms with van der Waals surface area (Å²) in [7, 11) is 1.86. The van der Waals surface area contributed by atoms with Crippen molar-refractivity contribution in [2.24, 2.45) is 4.99 Å². The zero-order valence-corrected chi connectivity index (χ0v) is 8.59. The average molecular weight is 165 g/mol. The van der Waals surface area contributed by atoms with Gasteiger partial charge in [0.05, 0.1) is 0 Å². The van der Waals surface area contributed by atoms with Gasteiger partial charge in [0.2, 0.25) is 0 Å². The van der Waals surface area contributed by atoms with E-state index in [0.717, 1.165) is 12.8 Å². The van der Waals surface area contributed by atoms with Crippen molar-refractivity contribution < 1.29 is 0 Å². The molecule has 0 saturated carbocycles. The van der Waals surface area contributed by atoms with Crippen molar-refractivity contribution in [3.05, 3.63) is 23.8 Å². The average Bonchev–Trinajstić information content (AvgIpc) is 2.10. The molecule has 0 radical (unpaired) electrons. The van der Waals surface area contributed by atoms with Crippen LogP contribution in [0.15, 0.2) is 28.8 Å². The summed E-state index contributed by atoms with van der Waals surface area (Å²) < 4.78 is 0. The lowest BCUT2D eigenvalue weighted by Gasteiger charge is -2.02. The van der Waals surface area contributed by atoms with Gasteiger partial charge < -0.3 is 0 Å². The molecule has 1 nitrogen and oxygen atoms in total. The Morgan fingerprint density at radius 1 is 1.42 bits per heavy atom. The van der Waals surface area contributed by atoms with Crippen LogP contribution in [0.3, 0.4) is 0 Å². The van der Waals surface area contributed by atoms with E-state index in [9.17, 15) is 0 Å². The highest BCUT2D eigenvalue weighted by Crippen LogP contribution is 2.03. The summed E-state index contributed by atoms with van der Waals surface area (Å²) in [5.41, 5.74) is 2.49. The van der Waals surface area contributed by atoms with Crippen molar-refractivity contribution in [3.8, 4) is 0 Å². The van der Waals surface area contributed by atoms with Crippen LogP contribution in [0.1, 0.15) is 33.6 Å². The van der Waals surface area contributed by atoms with Crippen molar-refractivity contribution >= 4 is 5.71 Å². The minimum Gasteiger partial charge on any atom is -0.293 e. The van der Waals surface area contributed by atoms with Crippen LogP contribution in [-0.4, -0.2) is 12.8 Å². The van der Waals surface area contributed by atoms with E-state index >= 15 is 0 Å². The first-order valence-corrected chi connectivity index (χ1v) is 4.51. The van der Waals surface area contributed by atoms with Gasteiger partial charge in [-0.05, 0) is 25.8 Å². The monoisotopic (exact) mass is 165 g/mol. The van der Waals surface area contributed by atoms with E-state index in [1.54, 1.807) is 0 Å². The standard InChI is InChI=1S/C11H19N/c1-5-7-9-10(3)11(12-4)8-6-2/h5,7,9H,6,8H2,1-4H3/b7-5-,10-9+,12-11?. The first kappa shape index (κ1) is 11.2. The molecule has 0 aromatic rings. The summed E-state index contributed by atoms with van der Waals surface area (Å²) in [6, 6.07) is 0. The minimum absolute atomic E-state index is 1.08. The first-order chi connectivity index (χ1) is 5.76. The van der Waals surface area contributed by atoms with Gasteiger partial charge in [0.25, 0.3) is 0 Å². The number of aliphatic imine (C=N–C) groups is 1. The Bertz CT molecular complexity index is 197. The van der Waals surface area contributed by atoms with Gasteiger partial charge in [-0.2, -0.15) is 0 Å². The highest BCUT2D eigenvalue weighted by atomic mass is 14.7. The van der Waals surface area contributed by atoms with E-state index in [0.29, 0.717) is 0 Å². The van der Waals surface area contributed by atoms with Crippen molar-refractivity contribution in [1.29, 1.82) is 0 Å². The smallest absolute Gasteiger partial charge is 0.0373 e. The quantitative estimate of drug-likeness (QED) is 0.447. The van der Waals surface area contributed by atoms with Gasteiger partial charge in [-0.1, -0.05) is 31.6 Å². The Hall–Kier alpha value is -0.850. The maximum atomic E-state index is 4.25. The second-order valence-electron chi connectivity index (χ2n) is 2.80. The van der Waals surface area contributed by atoms with Gasteiger partial charge in [-0.15, -0.1) is 0 Å². The number of allylic oxidation sites excluding steroid dienone is 4. The van der Waals surface area contributed by atoms with Crippen molar-refractivity contribution in [2.75, 3.05) is 7.05 Å². The Morgan fingerprint density at radius 3 is 2.50 bits per heavy atom. The fourth-order valence-electron chi connectivity index (χ4n) is 1.06. The van der Waals surface area contributed by atoms with Gasteiger partial charge in [0.15, 0.2) is 0 Å². The second-order valence-corrected chi connectivity index (χ2v) is 2.80. The molecule has 0 aromatic heterocycles. The van der Waals surface area contributed by atoms with Crippen LogP contribution >= 0.6 is 0 Å². The molecular weight excluding hydrogens is 146 g/mol. The summed E-state index contributed by atoms with van der Waals surface area (Å²) in [5, 5.41) is 0. The highest BCUT2D eigenvalue weighted by molar-refractivity contribution is 5.99. The zero-order valence-electron chi connectivity index (χ0n) is 8.59. The van der Waals surface area contributed by atoms with Crippen LogP contribution in [-0.2, 0) is 0 Å². The minimum atomic E-state index is 1.08.